The van der Waals surface area contributed by atoms with Gasteiger partial charge in [0.2, 0.25) is 0 Å². The van der Waals surface area contributed by atoms with Crippen LogP contribution in [-0.4, -0.2) is 36.5 Å². The van der Waals surface area contributed by atoms with Crippen molar-refractivity contribution in [2.45, 2.75) is 64.2 Å². The third kappa shape index (κ3) is 3.11. The lowest BCUT2D eigenvalue weighted by Gasteiger charge is -2.32. The number of nitrogens with zero attached hydrogens (tertiary/aromatic N) is 2. The lowest BCUT2D eigenvalue weighted by Crippen LogP contribution is -2.48. The SMILES string of the molecule is C[C@H]1C(c2ccc(C(C)(C)C)cc2)CCN1C1N=CCCN1. The summed E-state index contributed by atoms with van der Waals surface area (Å²) in [6.07, 6.45) is 4.53. The van der Waals surface area contributed by atoms with Crippen molar-refractivity contribution in [3.05, 3.63) is 35.4 Å². The molecule has 0 amide bonds. The van der Waals surface area contributed by atoms with E-state index in [0.29, 0.717) is 12.0 Å². The summed E-state index contributed by atoms with van der Waals surface area (Å²) in [4.78, 5) is 7.14. The van der Waals surface area contributed by atoms with Crippen LogP contribution in [0, 0.1) is 0 Å². The van der Waals surface area contributed by atoms with Gasteiger partial charge in [-0.3, -0.25) is 15.2 Å². The summed E-state index contributed by atoms with van der Waals surface area (Å²) < 4.78 is 0. The smallest absolute Gasteiger partial charge is 0.155 e. The average Bonchev–Trinajstić information content (AvgIpc) is 2.89. The third-order valence-corrected chi connectivity index (χ3v) is 5.17. The van der Waals surface area contributed by atoms with Crippen molar-refractivity contribution < 1.29 is 0 Å². The Kier molecular flexibility index (Phi) is 4.37. The Morgan fingerprint density at radius 3 is 2.50 bits per heavy atom. The minimum absolute atomic E-state index is 0.183. The molecular weight excluding hydrogens is 270 g/mol. The van der Waals surface area contributed by atoms with Crippen LogP contribution in [0.25, 0.3) is 0 Å². The number of hydrogen-bond donors (Lipinski definition) is 1. The van der Waals surface area contributed by atoms with Crippen LogP contribution in [0.5, 0.6) is 0 Å². The standard InChI is InChI=1S/C19H29N3/c1-14-17(10-13-22(14)18-20-11-5-12-21-18)15-6-8-16(9-7-15)19(2,3)4/h6-9,11,14,17-18,21H,5,10,12-13H2,1-4H3/t14-,17?,18?/m0/s1. The first-order valence-corrected chi connectivity index (χ1v) is 8.58. The Labute approximate surface area is 134 Å². The quantitative estimate of drug-likeness (QED) is 0.905. The van der Waals surface area contributed by atoms with Gasteiger partial charge in [-0.05, 0) is 36.3 Å². The molecule has 22 heavy (non-hydrogen) atoms. The zero-order chi connectivity index (χ0) is 15.7. The van der Waals surface area contributed by atoms with Gasteiger partial charge in [-0.25, -0.2) is 0 Å². The molecule has 2 heterocycles. The molecule has 3 nitrogen and oxygen atoms in total. The molecule has 1 aromatic carbocycles. The van der Waals surface area contributed by atoms with Crippen LogP contribution < -0.4 is 5.32 Å². The van der Waals surface area contributed by atoms with E-state index < -0.39 is 0 Å². The summed E-state index contributed by atoms with van der Waals surface area (Å²) in [6, 6.07) is 9.82. The van der Waals surface area contributed by atoms with Crippen LogP contribution in [-0.2, 0) is 5.41 Å². The second-order valence-corrected chi connectivity index (χ2v) is 7.69. The highest BCUT2D eigenvalue weighted by atomic mass is 15.4. The maximum atomic E-state index is 4.63. The maximum Gasteiger partial charge on any atom is 0.155 e. The Balaban J connectivity index is 1.73. The molecule has 3 rings (SSSR count). The Morgan fingerprint density at radius 2 is 1.91 bits per heavy atom. The molecule has 3 heteroatoms. The highest BCUT2D eigenvalue weighted by molar-refractivity contribution is 5.58. The van der Waals surface area contributed by atoms with E-state index in [0.717, 1.165) is 19.5 Å². The molecule has 0 bridgehead atoms. The first kappa shape index (κ1) is 15.7. The molecule has 2 aliphatic heterocycles. The van der Waals surface area contributed by atoms with Gasteiger partial charge in [0.1, 0.15) is 0 Å². The minimum atomic E-state index is 0.183. The number of likely N-dealkylation sites (tertiary alicyclic amines) is 1. The van der Waals surface area contributed by atoms with Crippen LogP contribution >= 0.6 is 0 Å². The van der Waals surface area contributed by atoms with E-state index in [4.69, 9.17) is 0 Å². The van der Waals surface area contributed by atoms with Gasteiger partial charge in [0.05, 0.1) is 0 Å². The van der Waals surface area contributed by atoms with E-state index in [-0.39, 0.29) is 11.7 Å². The second-order valence-electron chi connectivity index (χ2n) is 7.69. The lowest BCUT2D eigenvalue weighted by atomic mass is 9.84. The predicted molar refractivity (Wildman–Crippen MR) is 93.6 cm³/mol. The Morgan fingerprint density at radius 1 is 1.18 bits per heavy atom. The highest BCUT2D eigenvalue weighted by Gasteiger charge is 2.36. The van der Waals surface area contributed by atoms with Gasteiger partial charge in [0.15, 0.2) is 6.29 Å². The number of aliphatic imine (C=N–C) groups is 1. The zero-order valence-electron chi connectivity index (χ0n) is 14.3. The second kappa shape index (κ2) is 6.13. The first-order chi connectivity index (χ1) is 10.5. The summed E-state index contributed by atoms with van der Waals surface area (Å²) in [5.74, 6) is 0.618. The monoisotopic (exact) mass is 299 g/mol. The van der Waals surface area contributed by atoms with Crippen molar-refractivity contribution in [1.29, 1.82) is 0 Å². The fraction of sp³-hybridized carbons (Fsp3) is 0.632. The Hall–Kier alpha value is -1.19. The maximum absolute atomic E-state index is 4.63. The van der Waals surface area contributed by atoms with Crippen molar-refractivity contribution in [3.63, 3.8) is 0 Å². The van der Waals surface area contributed by atoms with Crippen molar-refractivity contribution in [3.8, 4) is 0 Å². The number of nitrogens with one attached hydrogen (secondary N) is 1. The fourth-order valence-corrected chi connectivity index (χ4v) is 3.69. The fourth-order valence-electron chi connectivity index (χ4n) is 3.69. The number of hydrogen-bond acceptors (Lipinski definition) is 3. The average molecular weight is 299 g/mol. The summed E-state index contributed by atoms with van der Waals surface area (Å²) in [7, 11) is 0. The molecule has 1 fully saturated rings. The number of rotatable bonds is 2. The van der Waals surface area contributed by atoms with E-state index in [2.05, 4.69) is 73.4 Å². The molecule has 1 aromatic rings. The molecule has 1 N–H and O–H groups in total. The molecule has 0 aromatic heterocycles. The van der Waals surface area contributed by atoms with Crippen LogP contribution in [0.1, 0.15) is 57.6 Å². The topological polar surface area (TPSA) is 27.6 Å². The van der Waals surface area contributed by atoms with E-state index >= 15 is 0 Å². The van der Waals surface area contributed by atoms with Gasteiger partial charge in [-0.1, -0.05) is 45.0 Å². The summed E-state index contributed by atoms with van der Waals surface area (Å²) in [5.41, 5.74) is 3.12. The molecule has 2 aliphatic rings. The molecule has 0 saturated carbocycles. The number of benzene rings is 1. The summed E-state index contributed by atoms with van der Waals surface area (Å²) in [6.45, 7) is 11.3. The van der Waals surface area contributed by atoms with Crippen LogP contribution in [0.2, 0.25) is 0 Å². The van der Waals surface area contributed by atoms with Crippen molar-refractivity contribution in [1.82, 2.24) is 10.2 Å². The van der Waals surface area contributed by atoms with Crippen LogP contribution in [0.15, 0.2) is 29.3 Å². The summed E-state index contributed by atoms with van der Waals surface area (Å²) >= 11 is 0. The third-order valence-electron chi connectivity index (χ3n) is 5.17. The first-order valence-electron chi connectivity index (χ1n) is 8.58. The van der Waals surface area contributed by atoms with E-state index in [1.165, 1.54) is 17.5 Å². The van der Waals surface area contributed by atoms with E-state index in [1.54, 1.807) is 0 Å². The van der Waals surface area contributed by atoms with Gasteiger partial charge >= 0.3 is 0 Å². The van der Waals surface area contributed by atoms with Gasteiger partial charge in [-0.2, -0.15) is 0 Å². The normalized spacial score (nSPS) is 29.9. The van der Waals surface area contributed by atoms with Crippen LogP contribution in [0.4, 0.5) is 0 Å². The molecule has 1 saturated heterocycles. The molecular formula is C19H29N3. The molecule has 0 radical (unpaired) electrons. The summed E-state index contributed by atoms with van der Waals surface area (Å²) in [5, 5.41) is 3.52. The molecule has 0 aliphatic carbocycles. The van der Waals surface area contributed by atoms with Gasteiger partial charge in [0.25, 0.3) is 0 Å². The minimum Gasteiger partial charge on any atom is -0.283 e. The highest BCUT2D eigenvalue weighted by Crippen LogP contribution is 2.35. The lowest BCUT2D eigenvalue weighted by molar-refractivity contribution is 0.157. The van der Waals surface area contributed by atoms with Gasteiger partial charge < -0.3 is 0 Å². The predicted octanol–water partition coefficient (Wildman–Crippen LogP) is 3.51. The molecule has 3 atom stereocenters. The van der Waals surface area contributed by atoms with Crippen LogP contribution in [0.3, 0.4) is 0 Å². The zero-order valence-corrected chi connectivity index (χ0v) is 14.3. The van der Waals surface area contributed by atoms with E-state index in [9.17, 15) is 0 Å². The Bertz CT molecular complexity index is 527. The van der Waals surface area contributed by atoms with Crippen molar-refractivity contribution in [2.75, 3.05) is 13.1 Å². The molecule has 120 valence electrons. The van der Waals surface area contributed by atoms with Crippen molar-refractivity contribution in [2.24, 2.45) is 4.99 Å². The van der Waals surface area contributed by atoms with Gasteiger partial charge in [0, 0.05) is 31.3 Å². The largest absolute Gasteiger partial charge is 0.283 e. The van der Waals surface area contributed by atoms with Gasteiger partial charge in [-0.15, -0.1) is 0 Å². The molecule has 0 spiro atoms. The van der Waals surface area contributed by atoms with Crippen molar-refractivity contribution >= 4 is 6.21 Å². The van der Waals surface area contributed by atoms with E-state index in [1.807, 2.05) is 0 Å². The molecule has 2 unspecified atom stereocenters.